The second kappa shape index (κ2) is 23.6. The molecule has 0 atom stereocenters. The van der Waals surface area contributed by atoms with Gasteiger partial charge in [0.25, 0.3) is 0 Å². The van der Waals surface area contributed by atoms with Crippen LogP contribution in [0.15, 0.2) is 109 Å². The molecular weight excluding hydrogens is 534 g/mol. The lowest BCUT2D eigenvalue weighted by Crippen LogP contribution is -2.03. The number of rotatable bonds is 8. The minimum atomic E-state index is -0.383. The van der Waals surface area contributed by atoms with E-state index in [1.165, 1.54) is 37.1 Å². The Balaban J connectivity index is 0.000000807. The highest BCUT2D eigenvalue weighted by Gasteiger charge is 2.01. The Morgan fingerprint density at radius 3 is 1.74 bits per heavy atom. The van der Waals surface area contributed by atoms with E-state index in [2.05, 4.69) is 68.6 Å². The third kappa shape index (κ3) is 19.6. The minimum Gasteiger partial charge on any atom is -0.423 e. The molecule has 3 aromatic carbocycles. The molecule has 0 saturated carbocycles. The topological polar surface area (TPSA) is 84.2 Å². The fraction of sp³-hybridized carbons (Fsp3) is 0.237. The number of nitrogens with zero attached hydrogens (tertiary/aromatic N) is 1. The standard InChI is InChI=1S/C23H20O2.C8H10O.C5H9N.C2H4O/c1-17-3-10-20(11-4-17)21-12-7-19(8-13-21)9-16-23(24)25-22-14-5-18(2)6-15-22;1-4-7(2)5-6-8(3)9;1-2-3-4-5-6;1-2-3/h3-16H,1-2H3;5-6H,1H2,2-3H3;2-4H2,1H3;2H,1H3/b16-9+;6-5-;;. The predicted octanol–water partition coefficient (Wildman–Crippen LogP) is 9.36. The van der Waals surface area contributed by atoms with E-state index >= 15 is 0 Å². The van der Waals surface area contributed by atoms with Crippen LogP contribution in [-0.2, 0) is 14.4 Å². The molecule has 0 unspecified atom stereocenters. The summed E-state index contributed by atoms with van der Waals surface area (Å²) in [5, 5.41) is 7.95. The van der Waals surface area contributed by atoms with Crippen LogP contribution in [0.3, 0.4) is 0 Å². The molecule has 3 rings (SSSR count). The van der Waals surface area contributed by atoms with Gasteiger partial charge in [-0.25, -0.2) is 4.79 Å². The van der Waals surface area contributed by atoms with Crippen molar-refractivity contribution in [2.24, 2.45) is 0 Å². The Hall–Kier alpha value is -5.04. The maximum atomic E-state index is 11.9. The van der Waals surface area contributed by atoms with Crippen molar-refractivity contribution < 1.29 is 19.1 Å². The molecule has 0 heterocycles. The van der Waals surface area contributed by atoms with Crippen LogP contribution in [0.25, 0.3) is 17.2 Å². The molecule has 0 aliphatic carbocycles. The van der Waals surface area contributed by atoms with E-state index < -0.39 is 0 Å². The number of aryl methyl sites for hydroxylation is 2. The number of allylic oxidation sites excluding steroid dienone is 3. The van der Waals surface area contributed by atoms with E-state index in [0.29, 0.717) is 5.75 Å². The van der Waals surface area contributed by atoms with Crippen molar-refractivity contribution in [1.82, 2.24) is 0 Å². The summed E-state index contributed by atoms with van der Waals surface area (Å²) in [6.45, 7) is 14.4. The number of hydrogen-bond donors (Lipinski definition) is 0. The molecule has 224 valence electrons. The fourth-order valence-corrected chi connectivity index (χ4v) is 3.01. The maximum absolute atomic E-state index is 11.9. The number of ether oxygens (including phenoxy) is 1. The molecule has 0 bridgehead atoms. The maximum Gasteiger partial charge on any atom is 0.336 e. The first-order valence-electron chi connectivity index (χ1n) is 14.1. The van der Waals surface area contributed by atoms with Crippen LogP contribution in [0.5, 0.6) is 5.75 Å². The number of aldehydes is 1. The zero-order chi connectivity index (χ0) is 32.5. The van der Waals surface area contributed by atoms with Gasteiger partial charge in [0.2, 0.25) is 0 Å². The van der Waals surface area contributed by atoms with Gasteiger partial charge in [0.05, 0.1) is 6.07 Å². The molecule has 0 radical (unpaired) electrons. The molecule has 5 nitrogen and oxygen atoms in total. The summed E-state index contributed by atoms with van der Waals surface area (Å²) in [7, 11) is 0. The van der Waals surface area contributed by atoms with E-state index in [1.54, 1.807) is 24.3 Å². The van der Waals surface area contributed by atoms with Crippen molar-refractivity contribution >= 4 is 24.1 Å². The molecule has 0 aliphatic rings. The van der Waals surface area contributed by atoms with E-state index in [4.69, 9.17) is 14.8 Å². The first kappa shape index (κ1) is 38.0. The highest BCUT2D eigenvalue weighted by Crippen LogP contribution is 2.20. The highest BCUT2D eigenvalue weighted by atomic mass is 16.5. The molecule has 0 aliphatic heterocycles. The Bertz CT molecular complexity index is 1400. The van der Waals surface area contributed by atoms with Crippen LogP contribution < -0.4 is 4.74 Å². The van der Waals surface area contributed by atoms with Crippen LogP contribution >= 0.6 is 0 Å². The number of hydrogen-bond acceptors (Lipinski definition) is 5. The summed E-state index contributed by atoms with van der Waals surface area (Å²) in [5.41, 5.74) is 9.19. The van der Waals surface area contributed by atoms with Crippen molar-refractivity contribution in [2.75, 3.05) is 0 Å². The van der Waals surface area contributed by atoms with Crippen molar-refractivity contribution in [1.29, 1.82) is 5.26 Å². The van der Waals surface area contributed by atoms with E-state index in [-0.39, 0.29) is 11.8 Å². The third-order valence-corrected chi connectivity index (χ3v) is 5.44. The van der Waals surface area contributed by atoms with E-state index in [1.807, 2.05) is 38.1 Å². The average Bonchev–Trinajstić information content (AvgIpc) is 3.00. The van der Waals surface area contributed by atoms with Gasteiger partial charge in [-0.2, -0.15) is 5.26 Å². The van der Waals surface area contributed by atoms with Crippen LogP contribution in [0.4, 0.5) is 0 Å². The summed E-state index contributed by atoms with van der Waals surface area (Å²) in [4.78, 5) is 31.0. The molecule has 0 aromatic heterocycles. The quantitative estimate of drug-likeness (QED) is 0.0506. The van der Waals surface area contributed by atoms with Gasteiger partial charge >= 0.3 is 5.97 Å². The normalized spacial score (nSPS) is 9.51. The lowest BCUT2D eigenvalue weighted by atomic mass is 10.0. The molecule has 0 amide bonds. The van der Waals surface area contributed by atoms with Gasteiger partial charge in [-0.15, -0.1) is 5.73 Å². The van der Waals surface area contributed by atoms with Crippen LogP contribution in [0.2, 0.25) is 0 Å². The second-order valence-electron chi connectivity index (χ2n) is 9.36. The van der Waals surface area contributed by atoms with Gasteiger partial charge in [0.15, 0.2) is 5.78 Å². The van der Waals surface area contributed by atoms with E-state index in [9.17, 15) is 9.59 Å². The first-order valence-corrected chi connectivity index (χ1v) is 14.1. The summed E-state index contributed by atoms with van der Waals surface area (Å²) >= 11 is 0. The van der Waals surface area contributed by atoms with Gasteiger partial charge in [-0.1, -0.05) is 91.7 Å². The molecule has 0 saturated heterocycles. The third-order valence-electron chi connectivity index (χ3n) is 5.44. The Kier molecular flexibility index (Phi) is 20.9. The number of ketones is 1. The van der Waals surface area contributed by atoms with E-state index in [0.717, 1.165) is 47.8 Å². The number of benzene rings is 3. The summed E-state index contributed by atoms with van der Waals surface area (Å²) in [6.07, 6.45) is 10.0. The van der Waals surface area contributed by atoms with Gasteiger partial charge in [-0.05, 0) is 93.7 Å². The predicted molar refractivity (Wildman–Crippen MR) is 177 cm³/mol. The summed E-state index contributed by atoms with van der Waals surface area (Å²) < 4.78 is 5.27. The van der Waals surface area contributed by atoms with Gasteiger partial charge in [-0.3, -0.25) is 4.79 Å². The fourth-order valence-electron chi connectivity index (χ4n) is 3.01. The Morgan fingerprint density at radius 1 is 0.837 bits per heavy atom. The summed E-state index contributed by atoms with van der Waals surface area (Å²) in [6, 6.07) is 26.0. The zero-order valence-electron chi connectivity index (χ0n) is 26.2. The zero-order valence-corrected chi connectivity index (χ0v) is 26.2. The first-order chi connectivity index (χ1) is 20.6. The molecular formula is C38H43NO4. The molecule has 0 fully saturated rings. The smallest absolute Gasteiger partial charge is 0.336 e. The van der Waals surface area contributed by atoms with Gasteiger partial charge < -0.3 is 9.53 Å². The van der Waals surface area contributed by atoms with Gasteiger partial charge in [0.1, 0.15) is 12.0 Å². The largest absolute Gasteiger partial charge is 0.423 e. The van der Waals surface area contributed by atoms with Crippen LogP contribution in [0.1, 0.15) is 63.6 Å². The molecule has 43 heavy (non-hydrogen) atoms. The summed E-state index contributed by atoms with van der Waals surface area (Å²) in [5.74, 6) is 0.214. The molecule has 0 spiro atoms. The number of carbonyl (C=O) groups is 3. The number of unbranched alkanes of at least 4 members (excludes halogenated alkanes) is 2. The molecule has 3 aromatic rings. The Labute approximate surface area is 257 Å². The van der Waals surface area contributed by atoms with Gasteiger partial charge in [0, 0.05) is 12.5 Å². The highest BCUT2D eigenvalue weighted by molar-refractivity contribution is 5.89. The van der Waals surface area contributed by atoms with Crippen molar-refractivity contribution in [3.05, 3.63) is 126 Å². The van der Waals surface area contributed by atoms with Crippen LogP contribution in [-0.4, -0.2) is 18.0 Å². The number of carbonyl (C=O) groups excluding carboxylic acids is 3. The van der Waals surface area contributed by atoms with Crippen molar-refractivity contribution in [3.8, 4) is 22.9 Å². The van der Waals surface area contributed by atoms with Crippen molar-refractivity contribution in [2.45, 2.75) is 60.8 Å². The number of nitriles is 1. The lowest BCUT2D eigenvalue weighted by Gasteiger charge is -2.03. The SMILES string of the molecule is C=C=C(C)/C=C\C(C)=O.CC=O.CCCCC#N.Cc1ccc(OC(=O)/C=C/c2ccc(-c3ccc(C)cc3)cc2)cc1. The van der Waals surface area contributed by atoms with Crippen LogP contribution in [0, 0.1) is 25.2 Å². The Morgan fingerprint density at radius 2 is 1.33 bits per heavy atom. The molecule has 5 heteroatoms. The second-order valence-corrected chi connectivity index (χ2v) is 9.36. The number of esters is 1. The van der Waals surface area contributed by atoms with Crippen molar-refractivity contribution in [3.63, 3.8) is 0 Å². The lowest BCUT2D eigenvalue weighted by molar-refractivity contribution is -0.129. The molecule has 0 N–H and O–H groups in total. The average molecular weight is 578 g/mol. The monoisotopic (exact) mass is 577 g/mol. The minimum absolute atomic E-state index is 0.0459.